The summed E-state index contributed by atoms with van der Waals surface area (Å²) in [5.41, 5.74) is 1.38. The second-order valence-corrected chi connectivity index (χ2v) is 6.73. The minimum atomic E-state index is 0.0203. The maximum absolute atomic E-state index is 12.7. The van der Waals surface area contributed by atoms with Crippen LogP contribution in [0, 0.1) is 0 Å². The number of amides is 1. The van der Waals surface area contributed by atoms with Gasteiger partial charge in [-0.05, 0) is 43.7 Å². The van der Waals surface area contributed by atoms with E-state index >= 15 is 0 Å². The number of thiophene rings is 1. The Morgan fingerprint density at radius 3 is 3.00 bits per heavy atom. The number of likely N-dealkylation sites (tertiary alicyclic amines) is 1. The third-order valence-electron chi connectivity index (χ3n) is 4.31. The summed E-state index contributed by atoms with van der Waals surface area (Å²) >= 11 is 1.67. The normalized spacial score (nSPS) is 23.2. The van der Waals surface area contributed by atoms with E-state index in [4.69, 9.17) is 0 Å². The fraction of sp³-hybridized carbons (Fsp3) is 0.667. The minimum absolute atomic E-state index is 0.0203. The van der Waals surface area contributed by atoms with Gasteiger partial charge in [-0.15, -0.1) is 11.3 Å². The summed E-state index contributed by atoms with van der Waals surface area (Å²) in [5, 5.41) is 9.51. The Morgan fingerprint density at radius 1 is 1.32 bits per heavy atom. The van der Waals surface area contributed by atoms with Crippen LogP contribution in [0.2, 0.25) is 0 Å². The number of aliphatic hydroxyl groups is 1. The number of carbonyl (C=O) groups excluding carboxylic acids is 1. The molecule has 0 aromatic carbocycles. The summed E-state index contributed by atoms with van der Waals surface area (Å²) in [7, 11) is 0. The molecule has 1 amide bonds. The van der Waals surface area contributed by atoms with Crippen LogP contribution in [0.15, 0.2) is 6.07 Å². The zero-order chi connectivity index (χ0) is 13.2. The van der Waals surface area contributed by atoms with E-state index in [9.17, 15) is 9.90 Å². The Morgan fingerprint density at radius 2 is 2.21 bits per heavy atom. The Balaban J connectivity index is 1.80. The summed E-state index contributed by atoms with van der Waals surface area (Å²) < 4.78 is 0. The monoisotopic (exact) mass is 279 g/mol. The maximum atomic E-state index is 12.7. The number of nitrogens with zero attached hydrogens (tertiary/aromatic N) is 1. The van der Waals surface area contributed by atoms with Crippen molar-refractivity contribution < 1.29 is 9.90 Å². The van der Waals surface area contributed by atoms with Crippen LogP contribution in [0.1, 0.15) is 52.2 Å². The van der Waals surface area contributed by atoms with Crippen molar-refractivity contribution in [2.45, 2.75) is 51.0 Å². The first-order valence-corrected chi connectivity index (χ1v) is 8.14. The number of aryl methyl sites for hydroxylation is 2. The number of hydrogen-bond donors (Lipinski definition) is 1. The van der Waals surface area contributed by atoms with E-state index in [1.54, 1.807) is 11.3 Å². The van der Waals surface area contributed by atoms with Crippen LogP contribution in [0.4, 0.5) is 0 Å². The lowest BCUT2D eigenvalue weighted by molar-refractivity contribution is 0.0604. The number of fused-ring (bicyclic) bond motifs is 1. The Hall–Kier alpha value is -0.870. The van der Waals surface area contributed by atoms with E-state index in [-0.39, 0.29) is 18.6 Å². The van der Waals surface area contributed by atoms with Gasteiger partial charge in [-0.25, -0.2) is 0 Å². The molecule has 1 aliphatic heterocycles. The number of aliphatic hydroxyl groups excluding tert-OH is 1. The zero-order valence-electron chi connectivity index (χ0n) is 11.2. The summed E-state index contributed by atoms with van der Waals surface area (Å²) in [5.74, 6) is 0.139. The molecule has 0 radical (unpaired) electrons. The van der Waals surface area contributed by atoms with E-state index < -0.39 is 0 Å². The first-order chi connectivity index (χ1) is 9.29. The summed E-state index contributed by atoms with van der Waals surface area (Å²) in [6.45, 7) is 0.892. The first kappa shape index (κ1) is 13.1. The molecule has 3 rings (SSSR count). The van der Waals surface area contributed by atoms with Crippen LogP contribution < -0.4 is 0 Å². The van der Waals surface area contributed by atoms with Crippen LogP contribution in [0.5, 0.6) is 0 Å². The molecule has 0 bridgehead atoms. The molecule has 1 aromatic heterocycles. The number of hydrogen-bond acceptors (Lipinski definition) is 3. The van der Waals surface area contributed by atoms with Gasteiger partial charge in [-0.3, -0.25) is 4.79 Å². The van der Waals surface area contributed by atoms with E-state index in [0.717, 1.165) is 43.5 Å². The molecule has 1 fully saturated rings. The van der Waals surface area contributed by atoms with Gasteiger partial charge < -0.3 is 10.0 Å². The molecule has 1 atom stereocenters. The Labute approximate surface area is 118 Å². The van der Waals surface area contributed by atoms with Gasteiger partial charge in [-0.1, -0.05) is 12.8 Å². The highest BCUT2D eigenvalue weighted by molar-refractivity contribution is 7.14. The van der Waals surface area contributed by atoms with Crippen molar-refractivity contribution in [3.63, 3.8) is 0 Å². The SMILES string of the molecule is O=C(c1cc2c(s1)CCC2)N1CCCCCC1CO. The molecule has 0 spiro atoms. The van der Waals surface area contributed by atoms with Crippen LogP contribution in [0.25, 0.3) is 0 Å². The molecule has 2 heterocycles. The maximum Gasteiger partial charge on any atom is 0.264 e. The van der Waals surface area contributed by atoms with Crippen molar-refractivity contribution in [1.82, 2.24) is 4.90 Å². The van der Waals surface area contributed by atoms with Gasteiger partial charge in [0.05, 0.1) is 17.5 Å². The van der Waals surface area contributed by atoms with Crippen LogP contribution >= 0.6 is 11.3 Å². The molecular formula is C15H21NO2S. The third-order valence-corrected chi connectivity index (χ3v) is 5.53. The average Bonchev–Trinajstić information content (AvgIpc) is 2.91. The minimum Gasteiger partial charge on any atom is -0.394 e. The molecule has 1 saturated heterocycles. The van der Waals surface area contributed by atoms with Crippen molar-refractivity contribution >= 4 is 17.2 Å². The summed E-state index contributed by atoms with van der Waals surface area (Å²) in [6.07, 6.45) is 7.79. The standard InChI is InChI=1S/C15H21NO2S/c17-10-12-6-2-1-3-8-16(12)15(18)14-9-11-5-4-7-13(11)19-14/h9,12,17H,1-8,10H2. The fourth-order valence-corrected chi connectivity index (χ4v) is 4.42. The Bertz CT molecular complexity index is 447. The van der Waals surface area contributed by atoms with Gasteiger partial charge in [0.15, 0.2) is 0 Å². The number of carbonyl (C=O) groups is 1. The topological polar surface area (TPSA) is 40.5 Å². The molecule has 19 heavy (non-hydrogen) atoms. The second kappa shape index (κ2) is 5.63. The van der Waals surface area contributed by atoms with E-state index in [2.05, 4.69) is 6.07 Å². The van der Waals surface area contributed by atoms with Gasteiger partial charge in [0.25, 0.3) is 5.91 Å². The second-order valence-electron chi connectivity index (χ2n) is 5.60. The lowest BCUT2D eigenvalue weighted by atomic mass is 10.1. The highest BCUT2D eigenvalue weighted by Crippen LogP contribution is 2.32. The van der Waals surface area contributed by atoms with Crippen molar-refractivity contribution in [3.8, 4) is 0 Å². The Kier molecular flexibility index (Phi) is 3.89. The lowest BCUT2D eigenvalue weighted by Crippen LogP contribution is -2.41. The quantitative estimate of drug-likeness (QED) is 0.904. The van der Waals surface area contributed by atoms with Crippen LogP contribution in [-0.4, -0.2) is 35.1 Å². The first-order valence-electron chi connectivity index (χ1n) is 7.33. The predicted molar refractivity (Wildman–Crippen MR) is 76.7 cm³/mol. The summed E-state index contributed by atoms with van der Waals surface area (Å²) in [6, 6.07) is 2.11. The lowest BCUT2D eigenvalue weighted by Gasteiger charge is -2.28. The van der Waals surface area contributed by atoms with Crippen molar-refractivity contribution in [2.24, 2.45) is 0 Å². The van der Waals surface area contributed by atoms with E-state index in [0.29, 0.717) is 0 Å². The van der Waals surface area contributed by atoms with Crippen LogP contribution in [-0.2, 0) is 12.8 Å². The summed E-state index contributed by atoms with van der Waals surface area (Å²) in [4.78, 5) is 16.8. The fourth-order valence-electron chi connectivity index (χ4n) is 3.21. The van der Waals surface area contributed by atoms with E-state index in [1.165, 1.54) is 23.3 Å². The van der Waals surface area contributed by atoms with Crippen molar-refractivity contribution in [2.75, 3.05) is 13.2 Å². The highest BCUT2D eigenvalue weighted by atomic mass is 32.1. The van der Waals surface area contributed by atoms with Gasteiger partial charge in [0.1, 0.15) is 0 Å². The van der Waals surface area contributed by atoms with Gasteiger partial charge in [0, 0.05) is 11.4 Å². The van der Waals surface area contributed by atoms with Crippen molar-refractivity contribution in [1.29, 1.82) is 0 Å². The van der Waals surface area contributed by atoms with Crippen LogP contribution in [0.3, 0.4) is 0 Å². The highest BCUT2D eigenvalue weighted by Gasteiger charge is 2.28. The molecule has 104 valence electrons. The molecule has 4 heteroatoms. The smallest absolute Gasteiger partial charge is 0.264 e. The molecule has 1 N–H and O–H groups in total. The largest absolute Gasteiger partial charge is 0.394 e. The molecule has 2 aliphatic rings. The molecule has 3 nitrogen and oxygen atoms in total. The molecule has 1 unspecified atom stereocenters. The van der Waals surface area contributed by atoms with Gasteiger partial charge in [-0.2, -0.15) is 0 Å². The third kappa shape index (κ3) is 2.56. The zero-order valence-corrected chi connectivity index (χ0v) is 12.0. The molecule has 1 aliphatic carbocycles. The van der Waals surface area contributed by atoms with E-state index in [1.807, 2.05) is 4.90 Å². The average molecular weight is 279 g/mol. The van der Waals surface area contributed by atoms with Gasteiger partial charge >= 0.3 is 0 Å². The number of rotatable bonds is 2. The molecule has 1 aromatic rings. The molecule has 0 saturated carbocycles. The van der Waals surface area contributed by atoms with Crippen molar-refractivity contribution in [3.05, 3.63) is 21.4 Å². The predicted octanol–water partition coefficient (Wildman–Crippen LogP) is 2.61. The molecular weight excluding hydrogens is 258 g/mol. The van der Waals surface area contributed by atoms with Gasteiger partial charge in [0.2, 0.25) is 0 Å².